The van der Waals surface area contributed by atoms with E-state index in [9.17, 15) is 4.79 Å². The van der Waals surface area contributed by atoms with Crippen molar-refractivity contribution in [1.82, 2.24) is 5.32 Å². The van der Waals surface area contributed by atoms with Crippen molar-refractivity contribution in [2.45, 2.75) is 52.4 Å². The van der Waals surface area contributed by atoms with Crippen LogP contribution in [0.5, 0.6) is 0 Å². The Hall–Kier alpha value is -0.630. The van der Waals surface area contributed by atoms with Crippen LogP contribution in [0, 0.1) is 5.41 Å². The highest BCUT2D eigenvalue weighted by molar-refractivity contribution is 5.85. The molecule has 0 amide bonds. The molecule has 1 atom stereocenters. The van der Waals surface area contributed by atoms with Gasteiger partial charge in [-0.2, -0.15) is 0 Å². The number of carbonyl (C=O) groups is 1. The first-order valence-electron chi connectivity index (χ1n) is 6.49. The van der Waals surface area contributed by atoms with E-state index in [1.54, 1.807) is 0 Å². The van der Waals surface area contributed by atoms with E-state index < -0.39 is 0 Å². The molecule has 1 aliphatic rings. The van der Waals surface area contributed by atoms with Gasteiger partial charge >= 0.3 is 0 Å². The lowest BCUT2D eigenvalue weighted by Gasteiger charge is -2.36. The molecule has 92 valence electrons. The maximum atomic E-state index is 12.3. The molecule has 1 fully saturated rings. The molecule has 0 aromatic carbocycles. The van der Waals surface area contributed by atoms with Gasteiger partial charge in [0, 0.05) is 18.4 Å². The highest BCUT2D eigenvalue weighted by atomic mass is 16.1. The standard InChI is InChI=1S/C14H25NO/c1-4-8-14(9-5-10-15-11-14)13(16)7-6-12(2)3/h15H,2,4-11H2,1,3H3. The summed E-state index contributed by atoms with van der Waals surface area (Å²) in [5.74, 6) is 0.449. The first-order chi connectivity index (χ1) is 7.60. The van der Waals surface area contributed by atoms with Gasteiger partial charge in [0.1, 0.15) is 5.78 Å². The topological polar surface area (TPSA) is 29.1 Å². The third kappa shape index (κ3) is 3.44. The van der Waals surface area contributed by atoms with Gasteiger partial charge < -0.3 is 5.32 Å². The van der Waals surface area contributed by atoms with Crippen molar-refractivity contribution in [2.24, 2.45) is 5.41 Å². The van der Waals surface area contributed by atoms with Gasteiger partial charge in [0.2, 0.25) is 0 Å². The number of hydrogen-bond donors (Lipinski definition) is 1. The zero-order chi connectivity index (χ0) is 12.0. The van der Waals surface area contributed by atoms with Gasteiger partial charge in [-0.05, 0) is 39.2 Å². The fourth-order valence-corrected chi connectivity index (χ4v) is 2.63. The van der Waals surface area contributed by atoms with Crippen LogP contribution in [0.2, 0.25) is 0 Å². The second-order valence-electron chi connectivity index (χ2n) is 5.19. The number of nitrogens with one attached hydrogen (secondary N) is 1. The van der Waals surface area contributed by atoms with Gasteiger partial charge in [-0.25, -0.2) is 0 Å². The molecule has 1 heterocycles. The fourth-order valence-electron chi connectivity index (χ4n) is 2.63. The van der Waals surface area contributed by atoms with Crippen molar-refractivity contribution in [3.63, 3.8) is 0 Å². The van der Waals surface area contributed by atoms with E-state index in [1.807, 2.05) is 6.92 Å². The predicted molar refractivity (Wildman–Crippen MR) is 68.5 cm³/mol. The van der Waals surface area contributed by atoms with Gasteiger partial charge in [0.15, 0.2) is 0 Å². The lowest BCUT2D eigenvalue weighted by atomic mass is 9.72. The summed E-state index contributed by atoms with van der Waals surface area (Å²) < 4.78 is 0. The number of carbonyl (C=O) groups excluding carboxylic acids is 1. The summed E-state index contributed by atoms with van der Waals surface area (Å²) in [4.78, 5) is 12.3. The van der Waals surface area contributed by atoms with E-state index in [0.717, 1.165) is 50.8 Å². The summed E-state index contributed by atoms with van der Waals surface area (Å²) >= 11 is 0. The summed E-state index contributed by atoms with van der Waals surface area (Å²) in [5, 5.41) is 3.39. The minimum atomic E-state index is -0.0670. The van der Waals surface area contributed by atoms with Gasteiger partial charge in [-0.1, -0.05) is 18.9 Å². The van der Waals surface area contributed by atoms with E-state index in [1.165, 1.54) is 0 Å². The third-order valence-electron chi connectivity index (χ3n) is 3.57. The predicted octanol–water partition coefficient (Wildman–Crippen LogP) is 3.08. The summed E-state index contributed by atoms with van der Waals surface area (Å²) in [6, 6.07) is 0. The van der Waals surface area contributed by atoms with Gasteiger partial charge in [0.25, 0.3) is 0 Å². The van der Waals surface area contributed by atoms with Crippen LogP contribution in [0.1, 0.15) is 52.4 Å². The number of piperidine rings is 1. The Morgan fingerprint density at radius 2 is 2.19 bits per heavy atom. The Labute approximate surface area is 99.5 Å². The molecule has 1 N–H and O–H groups in total. The van der Waals surface area contributed by atoms with E-state index in [2.05, 4.69) is 18.8 Å². The Balaban J connectivity index is 2.60. The molecule has 0 aromatic rings. The zero-order valence-corrected chi connectivity index (χ0v) is 10.8. The van der Waals surface area contributed by atoms with E-state index in [0.29, 0.717) is 12.2 Å². The van der Waals surface area contributed by atoms with E-state index in [-0.39, 0.29) is 5.41 Å². The number of allylic oxidation sites excluding steroid dienone is 1. The van der Waals surface area contributed by atoms with Crippen molar-refractivity contribution < 1.29 is 4.79 Å². The second kappa shape index (κ2) is 6.19. The van der Waals surface area contributed by atoms with Crippen LogP contribution >= 0.6 is 0 Å². The summed E-state index contributed by atoms with van der Waals surface area (Å²) in [5.41, 5.74) is 1.05. The molecular weight excluding hydrogens is 198 g/mol. The van der Waals surface area contributed by atoms with Crippen LogP contribution in [-0.4, -0.2) is 18.9 Å². The first-order valence-corrected chi connectivity index (χ1v) is 6.49. The normalized spacial score (nSPS) is 25.4. The van der Waals surface area contributed by atoms with Gasteiger partial charge in [-0.15, -0.1) is 6.58 Å². The van der Waals surface area contributed by atoms with E-state index in [4.69, 9.17) is 0 Å². The molecule has 2 heteroatoms. The maximum absolute atomic E-state index is 12.3. The molecular formula is C14H25NO. The monoisotopic (exact) mass is 223 g/mol. The molecule has 1 saturated heterocycles. The first kappa shape index (κ1) is 13.4. The van der Waals surface area contributed by atoms with Crippen LogP contribution in [0.15, 0.2) is 12.2 Å². The minimum Gasteiger partial charge on any atom is -0.316 e. The van der Waals surface area contributed by atoms with Crippen molar-refractivity contribution in [3.8, 4) is 0 Å². The Morgan fingerprint density at radius 1 is 1.44 bits per heavy atom. The molecule has 1 unspecified atom stereocenters. The molecule has 0 radical (unpaired) electrons. The molecule has 0 aromatic heterocycles. The molecule has 0 spiro atoms. The lowest BCUT2D eigenvalue weighted by molar-refractivity contribution is -0.130. The summed E-state index contributed by atoms with van der Waals surface area (Å²) in [6.45, 7) is 9.99. The van der Waals surface area contributed by atoms with Gasteiger partial charge in [-0.3, -0.25) is 4.79 Å². The van der Waals surface area contributed by atoms with Crippen LogP contribution in [0.4, 0.5) is 0 Å². The molecule has 1 aliphatic heterocycles. The average molecular weight is 223 g/mol. The highest BCUT2D eigenvalue weighted by Gasteiger charge is 2.37. The Kier molecular flexibility index (Phi) is 5.20. The summed E-state index contributed by atoms with van der Waals surface area (Å²) in [6.07, 6.45) is 5.87. The quantitative estimate of drug-likeness (QED) is 0.701. The smallest absolute Gasteiger partial charge is 0.140 e. The largest absolute Gasteiger partial charge is 0.316 e. The molecule has 0 bridgehead atoms. The van der Waals surface area contributed by atoms with Gasteiger partial charge in [0.05, 0.1) is 0 Å². The Morgan fingerprint density at radius 3 is 2.69 bits per heavy atom. The third-order valence-corrected chi connectivity index (χ3v) is 3.57. The van der Waals surface area contributed by atoms with Crippen LogP contribution < -0.4 is 5.32 Å². The maximum Gasteiger partial charge on any atom is 0.140 e. The number of rotatable bonds is 6. The van der Waals surface area contributed by atoms with Crippen molar-refractivity contribution in [3.05, 3.63) is 12.2 Å². The van der Waals surface area contributed by atoms with Crippen LogP contribution in [0.25, 0.3) is 0 Å². The fraction of sp³-hybridized carbons (Fsp3) is 0.786. The minimum absolute atomic E-state index is 0.0670. The zero-order valence-electron chi connectivity index (χ0n) is 10.8. The average Bonchev–Trinajstić information content (AvgIpc) is 2.27. The molecule has 0 aliphatic carbocycles. The Bertz CT molecular complexity index is 246. The van der Waals surface area contributed by atoms with Crippen molar-refractivity contribution >= 4 is 5.78 Å². The van der Waals surface area contributed by atoms with Crippen LogP contribution in [-0.2, 0) is 4.79 Å². The number of hydrogen-bond acceptors (Lipinski definition) is 2. The van der Waals surface area contributed by atoms with Crippen molar-refractivity contribution in [1.29, 1.82) is 0 Å². The molecule has 1 rings (SSSR count). The van der Waals surface area contributed by atoms with Crippen molar-refractivity contribution in [2.75, 3.05) is 13.1 Å². The van der Waals surface area contributed by atoms with E-state index >= 15 is 0 Å². The second-order valence-corrected chi connectivity index (χ2v) is 5.19. The number of ketones is 1. The molecule has 0 saturated carbocycles. The lowest BCUT2D eigenvalue weighted by Crippen LogP contribution is -2.45. The van der Waals surface area contributed by atoms with Crippen LogP contribution in [0.3, 0.4) is 0 Å². The summed E-state index contributed by atoms with van der Waals surface area (Å²) in [7, 11) is 0. The molecule has 2 nitrogen and oxygen atoms in total. The molecule has 16 heavy (non-hydrogen) atoms. The SMILES string of the molecule is C=C(C)CCC(=O)C1(CCC)CCCNC1. The highest BCUT2D eigenvalue weighted by Crippen LogP contribution is 2.34. The number of Topliss-reactive ketones (excluding diaryl/α,β-unsaturated/α-hetero) is 1.